The highest BCUT2D eigenvalue weighted by Gasteiger charge is 1.97. The molecule has 1 aromatic carbocycles. The van der Waals surface area contributed by atoms with Gasteiger partial charge in [-0.1, -0.05) is 19.9 Å². The molecule has 1 aromatic rings. The highest BCUT2D eigenvalue weighted by atomic mass is 16.5. The van der Waals surface area contributed by atoms with Crippen molar-refractivity contribution < 1.29 is 9.47 Å². The van der Waals surface area contributed by atoms with Gasteiger partial charge in [0.15, 0.2) is 0 Å². The number of ether oxygens (including phenoxy) is 2. The van der Waals surface area contributed by atoms with Crippen LogP contribution < -0.4 is 4.74 Å². The lowest BCUT2D eigenvalue weighted by Gasteiger charge is -2.09. The number of hydrogen-bond acceptors (Lipinski definition) is 2. The van der Waals surface area contributed by atoms with E-state index in [1.807, 2.05) is 0 Å². The van der Waals surface area contributed by atoms with E-state index in [9.17, 15) is 0 Å². The van der Waals surface area contributed by atoms with Crippen molar-refractivity contribution in [1.82, 2.24) is 0 Å². The molecule has 0 heterocycles. The molecule has 0 amide bonds. The van der Waals surface area contributed by atoms with Crippen LogP contribution in [0.3, 0.4) is 0 Å². The Bertz CT molecular complexity index is 298. The second-order valence-electron chi connectivity index (χ2n) is 4.64. The van der Waals surface area contributed by atoms with Crippen molar-refractivity contribution in [3.05, 3.63) is 29.3 Å². The van der Waals surface area contributed by atoms with E-state index in [1.54, 1.807) is 0 Å². The van der Waals surface area contributed by atoms with Crippen LogP contribution in [0.2, 0.25) is 0 Å². The van der Waals surface area contributed by atoms with Crippen LogP contribution in [-0.2, 0) is 4.74 Å². The molecule has 0 aliphatic heterocycles. The Morgan fingerprint density at radius 3 is 2.19 bits per heavy atom. The summed E-state index contributed by atoms with van der Waals surface area (Å²) < 4.78 is 11.1. The van der Waals surface area contributed by atoms with Crippen LogP contribution in [0.5, 0.6) is 5.75 Å². The van der Waals surface area contributed by atoms with E-state index in [4.69, 9.17) is 9.47 Å². The molecule has 16 heavy (non-hydrogen) atoms. The zero-order chi connectivity index (χ0) is 12.0. The summed E-state index contributed by atoms with van der Waals surface area (Å²) in [7, 11) is 0. The summed E-state index contributed by atoms with van der Waals surface area (Å²) in [5.74, 6) is 1.52. The Labute approximate surface area is 98.6 Å². The SMILES string of the molecule is Cc1cc(C)cc(OCCOCC(C)C)c1. The van der Waals surface area contributed by atoms with Gasteiger partial charge in [0.25, 0.3) is 0 Å². The standard InChI is InChI=1S/C14H22O2/c1-11(2)10-15-5-6-16-14-8-12(3)7-13(4)9-14/h7-9,11H,5-6,10H2,1-4H3. The average Bonchev–Trinajstić information content (AvgIpc) is 2.15. The summed E-state index contributed by atoms with van der Waals surface area (Å²) >= 11 is 0. The predicted molar refractivity (Wildman–Crippen MR) is 67.1 cm³/mol. The van der Waals surface area contributed by atoms with Gasteiger partial charge in [-0.2, -0.15) is 0 Å². The molecule has 0 atom stereocenters. The maximum atomic E-state index is 5.62. The molecular weight excluding hydrogens is 200 g/mol. The van der Waals surface area contributed by atoms with Gasteiger partial charge in [-0.15, -0.1) is 0 Å². The predicted octanol–water partition coefficient (Wildman–Crippen LogP) is 3.35. The van der Waals surface area contributed by atoms with E-state index in [2.05, 4.69) is 45.9 Å². The van der Waals surface area contributed by atoms with E-state index < -0.39 is 0 Å². The molecule has 0 saturated carbocycles. The van der Waals surface area contributed by atoms with E-state index in [-0.39, 0.29) is 0 Å². The monoisotopic (exact) mass is 222 g/mol. The minimum Gasteiger partial charge on any atom is -0.491 e. The van der Waals surface area contributed by atoms with Crippen molar-refractivity contribution in [3.63, 3.8) is 0 Å². The fourth-order valence-corrected chi connectivity index (χ4v) is 1.55. The smallest absolute Gasteiger partial charge is 0.119 e. The summed E-state index contributed by atoms with van der Waals surface area (Å²) in [6.07, 6.45) is 0. The average molecular weight is 222 g/mol. The van der Waals surface area contributed by atoms with E-state index >= 15 is 0 Å². The van der Waals surface area contributed by atoms with Gasteiger partial charge in [0, 0.05) is 6.61 Å². The first-order valence-corrected chi connectivity index (χ1v) is 5.87. The highest BCUT2D eigenvalue weighted by Crippen LogP contribution is 2.15. The van der Waals surface area contributed by atoms with Gasteiger partial charge in [-0.25, -0.2) is 0 Å². The van der Waals surface area contributed by atoms with Crippen molar-refractivity contribution in [2.75, 3.05) is 19.8 Å². The lowest BCUT2D eigenvalue weighted by atomic mass is 10.1. The quantitative estimate of drug-likeness (QED) is 0.687. The molecule has 0 aliphatic rings. The van der Waals surface area contributed by atoms with Crippen molar-refractivity contribution in [2.45, 2.75) is 27.7 Å². The van der Waals surface area contributed by atoms with Crippen LogP contribution in [-0.4, -0.2) is 19.8 Å². The summed E-state index contributed by atoms with van der Waals surface area (Å²) in [4.78, 5) is 0. The second-order valence-corrected chi connectivity index (χ2v) is 4.64. The fraction of sp³-hybridized carbons (Fsp3) is 0.571. The van der Waals surface area contributed by atoms with Crippen molar-refractivity contribution in [3.8, 4) is 5.75 Å². The van der Waals surface area contributed by atoms with Gasteiger partial charge in [0.1, 0.15) is 12.4 Å². The zero-order valence-corrected chi connectivity index (χ0v) is 10.7. The maximum Gasteiger partial charge on any atom is 0.119 e. The normalized spacial score (nSPS) is 10.8. The highest BCUT2D eigenvalue weighted by molar-refractivity contribution is 5.32. The summed E-state index contributed by atoms with van der Waals surface area (Å²) in [5.41, 5.74) is 2.47. The zero-order valence-electron chi connectivity index (χ0n) is 10.7. The van der Waals surface area contributed by atoms with Crippen LogP contribution in [0, 0.1) is 19.8 Å². The first kappa shape index (κ1) is 13.0. The topological polar surface area (TPSA) is 18.5 Å². The molecule has 0 saturated heterocycles. The molecule has 90 valence electrons. The largest absolute Gasteiger partial charge is 0.491 e. The fourth-order valence-electron chi connectivity index (χ4n) is 1.55. The van der Waals surface area contributed by atoms with Crippen molar-refractivity contribution in [2.24, 2.45) is 5.92 Å². The molecule has 0 fully saturated rings. The van der Waals surface area contributed by atoms with Crippen LogP contribution >= 0.6 is 0 Å². The van der Waals surface area contributed by atoms with E-state index in [0.29, 0.717) is 19.1 Å². The summed E-state index contributed by atoms with van der Waals surface area (Å²) in [5, 5.41) is 0. The lowest BCUT2D eigenvalue weighted by molar-refractivity contribution is 0.0819. The minimum atomic E-state index is 0.584. The maximum absolute atomic E-state index is 5.62. The number of benzene rings is 1. The molecule has 1 rings (SSSR count). The third-order valence-corrected chi connectivity index (χ3v) is 2.14. The Kier molecular flexibility index (Phi) is 5.33. The van der Waals surface area contributed by atoms with E-state index in [1.165, 1.54) is 11.1 Å². The third-order valence-electron chi connectivity index (χ3n) is 2.14. The van der Waals surface area contributed by atoms with Crippen LogP contribution in [0.15, 0.2) is 18.2 Å². The molecular formula is C14H22O2. The van der Waals surface area contributed by atoms with E-state index in [0.717, 1.165) is 12.4 Å². The molecule has 0 radical (unpaired) electrons. The van der Waals surface area contributed by atoms with Gasteiger partial charge >= 0.3 is 0 Å². The molecule has 0 aromatic heterocycles. The van der Waals surface area contributed by atoms with Crippen LogP contribution in [0.4, 0.5) is 0 Å². The number of rotatable bonds is 6. The van der Waals surface area contributed by atoms with Gasteiger partial charge in [-0.05, 0) is 43.0 Å². The lowest BCUT2D eigenvalue weighted by Crippen LogP contribution is -2.10. The summed E-state index contributed by atoms with van der Waals surface area (Å²) in [6, 6.07) is 6.24. The Morgan fingerprint density at radius 2 is 1.62 bits per heavy atom. The minimum absolute atomic E-state index is 0.584. The third kappa shape index (κ3) is 5.17. The first-order valence-electron chi connectivity index (χ1n) is 5.87. The molecule has 0 unspecified atom stereocenters. The number of aryl methyl sites for hydroxylation is 2. The van der Waals surface area contributed by atoms with Crippen molar-refractivity contribution >= 4 is 0 Å². The molecule has 2 nitrogen and oxygen atoms in total. The van der Waals surface area contributed by atoms with Gasteiger partial charge < -0.3 is 9.47 Å². The second kappa shape index (κ2) is 6.54. The van der Waals surface area contributed by atoms with Crippen molar-refractivity contribution in [1.29, 1.82) is 0 Å². The summed E-state index contributed by atoms with van der Waals surface area (Å²) in [6.45, 7) is 10.5. The molecule has 2 heteroatoms. The van der Waals surface area contributed by atoms with Crippen LogP contribution in [0.25, 0.3) is 0 Å². The Hall–Kier alpha value is -1.02. The number of hydrogen-bond donors (Lipinski definition) is 0. The first-order chi connectivity index (χ1) is 7.58. The Balaban J connectivity index is 2.26. The molecule has 0 bridgehead atoms. The van der Waals surface area contributed by atoms with Gasteiger partial charge in [0.05, 0.1) is 6.61 Å². The van der Waals surface area contributed by atoms with Gasteiger partial charge in [-0.3, -0.25) is 0 Å². The molecule has 0 N–H and O–H groups in total. The molecule has 0 aliphatic carbocycles. The van der Waals surface area contributed by atoms with Crippen LogP contribution in [0.1, 0.15) is 25.0 Å². The van der Waals surface area contributed by atoms with Gasteiger partial charge in [0.2, 0.25) is 0 Å². The Morgan fingerprint density at radius 1 is 1.00 bits per heavy atom. The molecule has 0 spiro atoms.